The Kier molecular flexibility index (Phi) is 5.47. The van der Waals surface area contributed by atoms with Gasteiger partial charge >= 0.3 is 5.97 Å². The average Bonchev–Trinajstić information content (AvgIpc) is 3.48. The van der Waals surface area contributed by atoms with Crippen LogP contribution in [0.4, 0.5) is 0 Å². The number of nitrogens with zero attached hydrogens (tertiary/aromatic N) is 4. The van der Waals surface area contributed by atoms with E-state index in [0.717, 1.165) is 16.6 Å². The van der Waals surface area contributed by atoms with Crippen molar-refractivity contribution in [1.82, 2.24) is 19.2 Å². The topological polar surface area (TPSA) is 91.6 Å². The number of hydrogen-bond donors (Lipinski definition) is 0. The van der Waals surface area contributed by atoms with Crippen LogP contribution in [-0.4, -0.2) is 32.2 Å². The molecule has 0 saturated carbocycles. The van der Waals surface area contributed by atoms with Crippen LogP contribution >= 0.6 is 11.8 Å². The summed E-state index contributed by atoms with van der Waals surface area (Å²) in [5.41, 5.74) is 2.78. The Hall–Kier alpha value is -3.85. The van der Waals surface area contributed by atoms with Gasteiger partial charge in [0.25, 0.3) is 5.56 Å². The van der Waals surface area contributed by atoms with Gasteiger partial charge in [-0.1, -0.05) is 53.7 Å². The first-order valence-electron chi connectivity index (χ1n) is 10.3. The normalized spacial score (nSPS) is 11.3. The smallest absolute Gasteiger partial charge is 0.373 e. The van der Waals surface area contributed by atoms with Gasteiger partial charge < -0.3 is 9.15 Å². The summed E-state index contributed by atoms with van der Waals surface area (Å²) in [6.45, 7) is 2.41. The lowest BCUT2D eigenvalue weighted by Crippen LogP contribution is -2.24. The average molecular weight is 461 g/mol. The quantitative estimate of drug-likeness (QED) is 0.279. The van der Waals surface area contributed by atoms with E-state index in [9.17, 15) is 9.59 Å². The summed E-state index contributed by atoms with van der Waals surface area (Å²) in [5, 5.41) is 9.92. The second-order valence-corrected chi connectivity index (χ2v) is 8.50. The first-order valence-corrected chi connectivity index (χ1v) is 11.3. The van der Waals surface area contributed by atoms with Crippen molar-refractivity contribution in [3.05, 3.63) is 93.7 Å². The number of fused-ring (bicyclic) bond motifs is 3. The molecule has 2 aromatic carbocycles. The number of benzene rings is 2. The molecule has 8 nitrogen and oxygen atoms in total. The first-order chi connectivity index (χ1) is 16.0. The van der Waals surface area contributed by atoms with E-state index in [1.54, 1.807) is 16.7 Å². The van der Waals surface area contributed by atoms with Crippen LogP contribution in [0.5, 0.6) is 0 Å². The van der Waals surface area contributed by atoms with Gasteiger partial charge in [-0.2, -0.15) is 0 Å². The first kappa shape index (κ1) is 21.0. The molecule has 9 heteroatoms. The zero-order valence-corrected chi connectivity index (χ0v) is 18.8. The monoisotopic (exact) mass is 460 g/mol. The van der Waals surface area contributed by atoms with E-state index in [-0.39, 0.29) is 11.3 Å². The van der Waals surface area contributed by atoms with Crippen LogP contribution in [-0.2, 0) is 17.0 Å². The molecule has 33 heavy (non-hydrogen) atoms. The maximum absolute atomic E-state index is 13.3. The molecule has 0 N–H and O–H groups in total. The van der Waals surface area contributed by atoms with E-state index in [1.165, 1.54) is 18.9 Å². The Morgan fingerprint density at radius 2 is 1.85 bits per heavy atom. The number of thioether (sulfide) groups is 1. The summed E-state index contributed by atoms with van der Waals surface area (Å²) in [6, 6.07) is 18.8. The summed E-state index contributed by atoms with van der Waals surface area (Å²) in [5.74, 6) is 1.14. The molecule has 0 saturated heterocycles. The van der Waals surface area contributed by atoms with Crippen LogP contribution in [0.1, 0.15) is 27.4 Å². The standard InChI is InChI=1S/C24H20N4O4S/c1-15-7-9-16(10-8-15)13-27-21(29)18-5-3-4-6-19(18)28-23(27)25-26-24(28)33-14-17-11-12-20(32-17)22(30)31-2/h3-12H,13-14H2,1-2H3. The molecule has 0 fully saturated rings. The number of ether oxygens (including phenoxy) is 1. The van der Waals surface area contributed by atoms with Crippen LogP contribution in [0.3, 0.4) is 0 Å². The fourth-order valence-electron chi connectivity index (χ4n) is 3.65. The number of para-hydroxylation sites is 1. The molecule has 0 amide bonds. The number of carbonyl (C=O) groups excluding carboxylic acids is 1. The van der Waals surface area contributed by atoms with E-state index in [2.05, 4.69) is 14.9 Å². The number of furan rings is 1. The van der Waals surface area contributed by atoms with Gasteiger partial charge in [0, 0.05) is 0 Å². The molecule has 0 aliphatic rings. The number of esters is 1. The number of aromatic nitrogens is 4. The summed E-state index contributed by atoms with van der Waals surface area (Å²) >= 11 is 1.41. The van der Waals surface area contributed by atoms with Gasteiger partial charge in [0.15, 0.2) is 5.16 Å². The lowest BCUT2D eigenvalue weighted by atomic mass is 10.1. The van der Waals surface area contributed by atoms with Gasteiger partial charge in [-0.15, -0.1) is 10.2 Å². The van der Waals surface area contributed by atoms with E-state index in [0.29, 0.717) is 34.4 Å². The van der Waals surface area contributed by atoms with Crippen molar-refractivity contribution >= 4 is 34.4 Å². The van der Waals surface area contributed by atoms with Crippen LogP contribution in [0.25, 0.3) is 16.7 Å². The van der Waals surface area contributed by atoms with Gasteiger partial charge in [0.2, 0.25) is 11.5 Å². The molecule has 5 rings (SSSR count). The van der Waals surface area contributed by atoms with Gasteiger partial charge in [-0.05, 0) is 36.8 Å². The highest BCUT2D eigenvalue weighted by Gasteiger charge is 2.18. The zero-order chi connectivity index (χ0) is 22.9. The fraction of sp³-hybridized carbons (Fsp3) is 0.167. The van der Waals surface area contributed by atoms with Crippen molar-refractivity contribution < 1.29 is 13.9 Å². The third-order valence-electron chi connectivity index (χ3n) is 5.33. The number of methoxy groups -OCH3 is 1. The molecule has 0 radical (unpaired) electrons. The van der Waals surface area contributed by atoms with Gasteiger partial charge in [0.1, 0.15) is 5.76 Å². The molecule has 0 unspecified atom stereocenters. The third kappa shape index (κ3) is 3.91. The second kappa shape index (κ2) is 8.59. The Balaban J connectivity index is 1.56. The van der Waals surface area contributed by atoms with Crippen molar-refractivity contribution in [1.29, 1.82) is 0 Å². The maximum Gasteiger partial charge on any atom is 0.373 e. The predicted molar refractivity (Wildman–Crippen MR) is 125 cm³/mol. The van der Waals surface area contributed by atoms with Crippen LogP contribution in [0.15, 0.2) is 75.0 Å². The number of rotatable bonds is 6. The molecule has 0 aliphatic heterocycles. The molecule has 0 bridgehead atoms. The van der Waals surface area contributed by atoms with Crippen molar-refractivity contribution in [3.63, 3.8) is 0 Å². The van der Waals surface area contributed by atoms with Gasteiger partial charge in [0.05, 0.1) is 30.3 Å². The third-order valence-corrected chi connectivity index (χ3v) is 6.28. The number of aryl methyl sites for hydroxylation is 1. The predicted octanol–water partition coefficient (Wildman–Crippen LogP) is 4.07. The van der Waals surface area contributed by atoms with E-state index < -0.39 is 5.97 Å². The second-order valence-electron chi connectivity index (χ2n) is 7.56. The van der Waals surface area contributed by atoms with Crippen molar-refractivity contribution in [2.45, 2.75) is 24.4 Å². The molecular formula is C24H20N4O4S. The van der Waals surface area contributed by atoms with Crippen LogP contribution in [0.2, 0.25) is 0 Å². The highest BCUT2D eigenvalue weighted by molar-refractivity contribution is 7.98. The Morgan fingerprint density at radius 1 is 1.06 bits per heavy atom. The Morgan fingerprint density at radius 3 is 2.64 bits per heavy atom. The molecular weight excluding hydrogens is 440 g/mol. The SMILES string of the molecule is COC(=O)c1ccc(CSc2nnc3n(Cc4ccc(C)cc4)c(=O)c4ccccc4n23)o1. The van der Waals surface area contributed by atoms with Gasteiger partial charge in [-0.3, -0.25) is 13.8 Å². The largest absolute Gasteiger partial charge is 0.463 e. The minimum atomic E-state index is -0.523. The van der Waals surface area contributed by atoms with Crippen LogP contribution < -0.4 is 5.56 Å². The molecule has 0 aliphatic carbocycles. The minimum Gasteiger partial charge on any atom is -0.463 e. The molecule has 3 heterocycles. The highest BCUT2D eigenvalue weighted by atomic mass is 32.2. The van der Waals surface area contributed by atoms with E-state index in [1.807, 2.05) is 59.9 Å². The molecule has 0 spiro atoms. The summed E-state index contributed by atoms with van der Waals surface area (Å²) < 4.78 is 13.8. The lowest BCUT2D eigenvalue weighted by Gasteiger charge is -2.11. The van der Waals surface area contributed by atoms with Crippen molar-refractivity contribution in [2.75, 3.05) is 7.11 Å². The number of carbonyl (C=O) groups is 1. The maximum atomic E-state index is 13.3. The van der Waals surface area contributed by atoms with E-state index >= 15 is 0 Å². The number of hydrogen-bond acceptors (Lipinski definition) is 7. The van der Waals surface area contributed by atoms with Crippen molar-refractivity contribution in [3.8, 4) is 0 Å². The minimum absolute atomic E-state index is 0.114. The highest BCUT2D eigenvalue weighted by Crippen LogP contribution is 2.26. The van der Waals surface area contributed by atoms with Crippen molar-refractivity contribution in [2.24, 2.45) is 0 Å². The summed E-state index contributed by atoms with van der Waals surface area (Å²) in [7, 11) is 1.31. The van der Waals surface area contributed by atoms with Crippen LogP contribution in [0, 0.1) is 6.92 Å². The van der Waals surface area contributed by atoms with E-state index in [4.69, 9.17) is 4.42 Å². The Labute approximate surface area is 192 Å². The fourth-order valence-corrected chi connectivity index (χ4v) is 4.48. The van der Waals surface area contributed by atoms with Gasteiger partial charge in [-0.25, -0.2) is 4.79 Å². The summed E-state index contributed by atoms with van der Waals surface area (Å²) in [4.78, 5) is 25.0. The zero-order valence-electron chi connectivity index (χ0n) is 18.0. The molecule has 0 atom stereocenters. The molecule has 166 valence electrons. The molecule has 3 aromatic heterocycles. The summed E-state index contributed by atoms with van der Waals surface area (Å²) in [6.07, 6.45) is 0. The molecule has 5 aromatic rings. The Bertz CT molecular complexity index is 1530. The lowest BCUT2D eigenvalue weighted by molar-refractivity contribution is 0.0563.